The normalized spacial score (nSPS) is 10.9. The van der Waals surface area contributed by atoms with Gasteiger partial charge in [0.2, 0.25) is 0 Å². The van der Waals surface area contributed by atoms with E-state index < -0.39 is 17.0 Å². The highest BCUT2D eigenvalue weighted by molar-refractivity contribution is 9.12. The number of para-hydroxylation sites is 1. The predicted molar refractivity (Wildman–Crippen MR) is 112 cm³/mol. The summed E-state index contributed by atoms with van der Waals surface area (Å²) in [6, 6.07) is 12.8. The van der Waals surface area contributed by atoms with Crippen molar-refractivity contribution in [1.82, 2.24) is 0 Å². The molecule has 0 aliphatic heterocycles. The Hall–Kier alpha value is -3.20. The number of anilines is 1. The van der Waals surface area contributed by atoms with Crippen molar-refractivity contribution >= 4 is 45.4 Å². The van der Waals surface area contributed by atoms with Gasteiger partial charge in [0.1, 0.15) is 4.48 Å². The number of non-ortho nitro benzene ring substituents is 1. The fourth-order valence-corrected chi connectivity index (χ4v) is 2.88. The van der Waals surface area contributed by atoms with Crippen LogP contribution >= 0.6 is 15.9 Å². The molecule has 152 valence electrons. The van der Waals surface area contributed by atoms with E-state index in [1.165, 1.54) is 24.1 Å². The molecule has 0 saturated carbocycles. The van der Waals surface area contributed by atoms with Crippen molar-refractivity contribution in [2.24, 2.45) is 0 Å². The Bertz CT molecular complexity index is 927. The minimum absolute atomic E-state index is 0.0416. The largest absolute Gasteiger partial charge is 0.462 e. The summed E-state index contributed by atoms with van der Waals surface area (Å²) in [6.07, 6.45) is 0.940. The fraction of sp³-hybridized carbons (Fsp3) is 0.200. The SMILES string of the molecule is CCOC(=O)/C(Br)=C/c1ccccc1N(Cc1ccc([N+](=O)[O-])cc1)C(=O)OC. The van der Waals surface area contributed by atoms with Crippen LogP contribution in [0.1, 0.15) is 18.1 Å². The van der Waals surface area contributed by atoms with E-state index in [2.05, 4.69) is 15.9 Å². The number of nitrogens with zero attached hydrogens (tertiary/aromatic N) is 2. The number of carbonyl (C=O) groups excluding carboxylic acids is 2. The van der Waals surface area contributed by atoms with Gasteiger partial charge in [0, 0.05) is 12.1 Å². The van der Waals surface area contributed by atoms with Gasteiger partial charge in [-0.25, -0.2) is 9.59 Å². The summed E-state index contributed by atoms with van der Waals surface area (Å²) in [4.78, 5) is 36.1. The molecule has 0 fully saturated rings. The fourth-order valence-electron chi connectivity index (χ4n) is 2.51. The number of halogens is 1. The molecular weight excluding hydrogens is 444 g/mol. The lowest BCUT2D eigenvalue weighted by atomic mass is 10.1. The van der Waals surface area contributed by atoms with E-state index in [0.29, 0.717) is 16.8 Å². The summed E-state index contributed by atoms with van der Waals surface area (Å²) >= 11 is 3.19. The molecule has 2 aromatic rings. The Kier molecular flexibility index (Phi) is 7.90. The van der Waals surface area contributed by atoms with Crippen LogP contribution in [0, 0.1) is 10.1 Å². The maximum atomic E-state index is 12.4. The molecule has 0 aliphatic rings. The summed E-state index contributed by atoms with van der Waals surface area (Å²) in [5, 5.41) is 10.8. The number of benzene rings is 2. The number of nitro groups is 1. The number of esters is 1. The molecule has 29 heavy (non-hydrogen) atoms. The van der Waals surface area contributed by atoms with Gasteiger partial charge in [-0.2, -0.15) is 0 Å². The van der Waals surface area contributed by atoms with Gasteiger partial charge in [0.25, 0.3) is 5.69 Å². The van der Waals surface area contributed by atoms with E-state index in [-0.39, 0.29) is 23.3 Å². The molecule has 0 unspecified atom stereocenters. The van der Waals surface area contributed by atoms with Gasteiger partial charge in [0.05, 0.1) is 30.9 Å². The van der Waals surface area contributed by atoms with Crippen molar-refractivity contribution in [3.05, 3.63) is 74.3 Å². The molecule has 8 nitrogen and oxygen atoms in total. The Morgan fingerprint density at radius 3 is 2.41 bits per heavy atom. The van der Waals surface area contributed by atoms with Gasteiger partial charge in [-0.05, 0) is 46.1 Å². The molecule has 2 rings (SSSR count). The number of rotatable bonds is 7. The second-order valence-corrected chi connectivity index (χ2v) is 6.61. The highest BCUT2D eigenvalue weighted by Crippen LogP contribution is 2.27. The third-order valence-corrected chi connectivity index (χ3v) is 4.42. The average Bonchev–Trinajstić information content (AvgIpc) is 2.72. The molecule has 2 aromatic carbocycles. The molecule has 0 atom stereocenters. The number of carbonyl (C=O) groups is 2. The number of hydrogen-bond acceptors (Lipinski definition) is 6. The van der Waals surface area contributed by atoms with Crippen molar-refractivity contribution in [1.29, 1.82) is 0 Å². The standard InChI is InChI=1S/C20H19BrN2O6/c1-3-29-19(24)17(21)12-15-6-4-5-7-18(15)22(20(25)28-2)13-14-8-10-16(11-9-14)23(26)27/h4-12H,3,13H2,1-2H3/b17-12-. The Morgan fingerprint density at radius 2 is 1.83 bits per heavy atom. The zero-order chi connectivity index (χ0) is 21.4. The molecule has 0 bridgehead atoms. The van der Waals surface area contributed by atoms with E-state index in [4.69, 9.17) is 9.47 Å². The molecule has 0 aromatic heterocycles. The van der Waals surface area contributed by atoms with Crippen LogP contribution < -0.4 is 4.90 Å². The van der Waals surface area contributed by atoms with Crippen molar-refractivity contribution in [2.45, 2.75) is 13.5 Å². The van der Waals surface area contributed by atoms with Crippen molar-refractivity contribution in [3.63, 3.8) is 0 Å². The first-order valence-electron chi connectivity index (χ1n) is 8.59. The topological polar surface area (TPSA) is 99.0 Å². The van der Waals surface area contributed by atoms with Gasteiger partial charge in [-0.3, -0.25) is 15.0 Å². The van der Waals surface area contributed by atoms with E-state index >= 15 is 0 Å². The van der Waals surface area contributed by atoms with Crippen molar-refractivity contribution in [2.75, 3.05) is 18.6 Å². The lowest BCUT2D eigenvalue weighted by Crippen LogP contribution is -2.30. The summed E-state index contributed by atoms with van der Waals surface area (Å²) in [6.45, 7) is 2.06. The van der Waals surface area contributed by atoms with Crippen LogP contribution in [-0.2, 0) is 20.8 Å². The molecular formula is C20H19BrN2O6. The summed E-state index contributed by atoms with van der Waals surface area (Å²) in [5.74, 6) is -0.526. The van der Waals surface area contributed by atoms with Crippen LogP contribution in [0.2, 0.25) is 0 Å². The molecule has 0 saturated heterocycles. The molecule has 0 spiro atoms. The first-order chi connectivity index (χ1) is 13.9. The Morgan fingerprint density at radius 1 is 1.17 bits per heavy atom. The van der Waals surface area contributed by atoms with E-state index in [0.717, 1.165) is 0 Å². The van der Waals surface area contributed by atoms with Crippen molar-refractivity contribution in [3.8, 4) is 0 Å². The number of amides is 1. The predicted octanol–water partition coefficient (Wildman–Crippen LogP) is 4.67. The number of methoxy groups -OCH3 is 1. The van der Waals surface area contributed by atoms with Gasteiger partial charge >= 0.3 is 12.1 Å². The van der Waals surface area contributed by atoms with Crippen LogP contribution in [-0.4, -0.2) is 30.7 Å². The van der Waals surface area contributed by atoms with Gasteiger partial charge in [-0.1, -0.05) is 30.3 Å². The average molecular weight is 463 g/mol. The van der Waals surface area contributed by atoms with Gasteiger partial charge in [-0.15, -0.1) is 0 Å². The summed E-state index contributed by atoms with van der Waals surface area (Å²) in [5.41, 5.74) is 1.71. The van der Waals surface area contributed by atoms with Crippen LogP contribution in [0.4, 0.5) is 16.2 Å². The maximum Gasteiger partial charge on any atom is 0.414 e. The maximum absolute atomic E-state index is 12.4. The van der Waals surface area contributed by atoms with Crippen molar-refractivity contribution < 1.29 is 24.0 Å². The zero-order valence-electron chi connectivity index (χ0n) is 15.8. The van der Waals surface area contributed by atoms with E-state index in [9.17, 15) is 19.7 Å². The highest BCUT2D eigenvalue weighted by Gasteiger charge is 2.20. The first-order valence-corrected chi connectivity index (χ1v) is 9.38. The molecule has 0 radical (unpaired) electrons. The van der Waals surface area contributed by atoms with E-state index in [1.54, 1.807) is 49.4 Å². The van der Waals surface area contributed by atoms with Crippen LogP contribution in [0.3, 0.4) is 0 Å². The second kappa shape index (κ2) is 10.4. The van der Waals surface area contributed by atoms with Crippen LogP contribution in [0.25, 0.3) is 6.08 Å². The minimum Gasteiger partial charge on any atom is -0.462 e. The number of nitro benzene ring substituents is 1. The monoisotopic (exact) mass is 462 g/mol. The molecule has 0 heterocycles. The third kappa shape index (κ3) is 5.89. The molecule has 9 heteroatoms. The summed E-state index contributed by atoms with van der Waals surface area (Å²) in [7, 11) is 1.26. The molecule has 1 amide bonds. The first kappa shape index (κ1) is 22.1. The smallest absolute Gasteiger partial charge is 0.414 e. The Balaban J connectivity index is 2.40. The Labute approximate surface area is 176 Å². The lowest BCUT2D eigenvalue weighted by Gasteiger charge is -2.23. The quantitative estimate of drug-likeness (QED) is 0.256. The third-order valence-electron chi connectivity index (χ3n) is 3.86. The number of hydrogen-bond donors (Lipinski definition) is 0. The highest BCUT2D eigenvalue weighted by atomic mass is 79.9. The van der Waals surface area contributed by atoms with Gasteiger partial charge in [0.15, 0.2) is 0 Å². The summed E-state index contributed by atoms with van der Waals surface area (Å²) < 4.78 is 10.1. The molecule has 0 N–H and O–H groups in total. The van der Waals surface area contributed by atoms with Crippen LogP contribution in [0.5, 0.6) is 0 Å². The second-order valence-electron chi connectivity index (χ2n) is 5.75. The zero-order valence-corrected chi connectivity index (χ0v) is 17.4. The van der Waals surface area contributed by atoms with E-state index in [1.807, 2.05) is 0 Å². The number of ether oxygens (including phenoxy) is 2. The van der Waals surface area contributed by atoms with Crippen LogP contribution in [0.15, 0.2) is 53.0 Å². The minimum atomic E-state index is -0.614. The van der Waals surface area contributed by atoms with Gasteiger partial charge < -0.3 is 9.47 Å². The molecule has 0 aliphatic carbocycles. The lowest BCUT2D eigenvalue weighted by molar-refractivity contribution is -0.384.